The summed E-state index contributed by atoms with van der Waals surface area (Å²) in [7, 11) is 3.14. The van der Waals surface area contributed by atoms with Crippen molar-refractivity contribution in [2.75, 3.05) is 19.5 Å². The van der Waals surface area contributed by atoms with Gasteiger partial charge in [0.25, 0.3) is 11.8 Å². The van der Waals surface area contributed by atoms with Crippen molar-refractivity contribution in [3.05, 3.63) is 64.9 Å². The SMILES string of the molecule is CNC(=O)c1cccc(NC(=O)c2oc3ccccc3c2COC)c1C. The lowest BCUT2D eigenvalue weighted by Gasteiger charge is -2.11. The van der Waals surface area contributed by atoms with Gasteiger partial charge in [-0.1, -0.05) is 24.3 Å². The summed E-state index contributed by atoms with van der Waals surface area (Å²) in [6, 6.07) is 12.6. The summed E-state index contributed by atoms with van der Waals surface area (Å²) in [5.74, 6) is -0.384. The van der Waals surface area contributed by atoms with Gasteiger partial charge < -0.3 is 19.8 Å². The zero-order valence-electron chi connectivity index (χ0n) is 14.9. The van der Waals surface area contributed by atoms with E-state index in [-0.39, 0.29) is 24.2 Å². The number of furan rings is 1. The maximum atomic E-state index is 12.8. The number of fused-ring (bicyclic) bond motifs is 1. The maximum absolute atomic E-state index is 12.8. The van der Waals surface area contributed by atoms with Crippen LogP contribution in [0.5, 0.6) is 0 Å². The van der Waals surface area contributed by atoms with Crippen molar-refractivity contribution in [2.45, 2.75) is 13.5 Å². The Balaban J connectivity index is 1.98. The van der Waals surface area contributed by atoms with Gasteiger partial charge in [0.2, 0.25) is 0 Å². The molecular weight excluding hydrogens is 332 g/mol. The predicted molar refractivity (Wildman–Crippen MR) is 99.4 cm³/mol. The van der Waals surface area contributed by atoms with Crippen molar-refractivity contribution in [3.63, 3.8) is 0 Å². The van der Waals surface area contributed by atoms with Gasteiger partial charge in [-0.25, -0.2) is 0 Å². The van der Waals surface area contributed by atoms with E-state index in [4.69, 9.17) is 9.15 Å². The second-order valence-corrected chi connectivity index (χ2v) is 5.85. The second kappa shape index (κ2) is 7.41. The summed E-state index contributed by atoms with van der Waals surface area (Å²) in [5.41, 5.74) is 3.07. The van der Waals surface area contributed by atoms with Gasteiger partial charge in [0.05, 0.1) is 6.61 Å². The molecule has 134 valence electrons. The molecule has 0 saturated heterocycles. The number of hydrogen-bond acceptors (Lipinski definition) is 4. The quantitative estimate of drug-likeness (QED) is 0.736. The van der Waals surface area contributed by atoms with Crippen molar-refractivity contribution in [1.29, 1.82) is 0 Å². The highest BCUT2D eigenvalue weighted by Gasteiger charge is 2.21. The number of methoxy groups -OCH3 is 1. The van der Waals surface area contributed by atoms with Crippen LogP contribution in [0.1, 0.15) is 32.0 Å². The van der Waals surface area contributed by atoms with Gasteiger partial charge in [0, 0.05) is 36.4 Å². The first-order valence-corrected chi connectivity index (χ1v) is 8.19. The molecule has 0 saturated carbocycles. The number of amides is 2. The lowest BCUT2D eigenvalue weighted by atomic mass is 10.1. The summed E-state index contributed by atoms with van der Waals surface area (Å²) in [6.45, 7) is 2.05. The predicted octanol–water partition coefficient (Wildman–Crippen LogP) is 3.50. The van der Waals surface area contributed by atoms with E-state index in [0.29, 0.717) is 28.0 Å². The lowest BCUT2D eigenvalue weighted by Crippen LogP contribution is -2.20. The Hall–Kier alpha value is -3.12. The number of hydrogen-bond donors (Lipinski definition) is 2. The second-order valence-electron chi connectivity index (χ2n) is 5.85. The van der Waals surface area contributed by atoms with Crippen LogP contribution in [0.4, 0.5) is 5.69 Å². The van der Waals surface area contributed by atoms with Crippen LogP contribution < -0.4 is 10.6 Å². The van der Waals surface area contributed by atoms with Crippen molar-refractivity contribution in [3.8, 4) is 0 Å². The number of para-hydroxylation sites is 1. The molecule has 1 aromatic heterocycles. The molecule has 2 N–H and O–H groups in total. The molecule has 0 unspecified atom stereocenters. The lowest BCUT2D eigenvalue weighted by molar-refractivity contribution is 0.0959. The summed E-state index contributed by atoms with van der Waals surface area (Å²) in [6.07, 6.45) is 0. The number of nitrogens with one attached hydrogen (secondary N) is 2. The van der Waals surface area contributed by atoms with Crippen LogP contribution in [0.3, 0.4) is 0 Å². The average molecular weight is 352 g/mol. The van der Waals surface area contributed by atoms with E-state index in [0.717, 1.165) is 5.39 Å². The number of carbonyl (C=O) groups is 2. The monoisotopic (exact) mass is 352 g/mol. The summed E-state index contributed by atoms with van der Waals surface area (Å²) in [5, 5.41) is 6.27. The van der Waals surface area contributed by atoms with Gasteiger partial charge in [-0.05, 0) is 30.7 Å². The van der Waals surface area contributed by atoms with Gasteiger partial charge >= 0.3 is 0 Å². The molecule has 6 heteroatoms. The van der Waals surface area contributed by atoms with Gasteiger partial charge in [-0.15, -0.1) is 0 Å². The Morgan fingerprint density at radius 1 is 1.08 bits per heavy atom. The van der Waals surface area contributed by atoms with Crippen molar-refractivity contribution < 1.29 is 18.7 Å². The number of benzene rings is 2. The molecule has 6 nitrogen and oxygen atoms in total. The molecule has 0 aliphatic carbocycles. The minimum Gasteiger partial charge on any atom is -0.451 e. The highest BCUT2D eigenvalue weighted by Crippen LogP contribution is 2.28. The van der Waals surface area contributed by atoms with Gasteiger partial charge in [0.1, 0.15) is 5.58 Å². The average Bonchev–Trinajstić information content (AvgIpc) is 3.02. The van der Waals surface area contributed by atoms with E-state index in [2.05, 4.69) is 10.6 Å². The highest BCUT2D eigenvalue weighted by atomic mass is 16.5. The van der Waals surface area contributed by atoms with E-state index in [1.807, 2.05) is 24.3 Å². The third-order valence-electron chi connectivity index (χ3n) is 4.25. The third kappa shape index (κ3) is 3.19. The van der Waals surface area contributed by atoms with Crippen molar-refractivity contribution >= 4 is 28.5 Å². The molecule has 2 amide bonds. The number of rotatable bonds is 5. The Labute approximate surface area is 151 Å². The first-order chi connectivity index (χ1) is 12.6. The molecule has 0 aliphatic heterocycles. The van der Waals surface area contributed by atoms with E-state index in [1.165, 1.54) is 0 Å². The van der Waals surface area contributed by atoms with Crippen molar-refractivity contribution in [2.24, 2.45) is 0 Å². The minimum absolute atomic E-state index is 0.206. The Bertz CT molecular complexity index is 975. The Morgan fingerprint density at radius 2 is 1.85 bits per heavy atom. The summed E-state index contributed by atoms with van der Waals surface area (Å²) in [4.78, 5) is 24.8. The minimum atomic E-state index is -0.384. The fraction of sp³-hybridized carbons (Fsp3) is 0.200. The largest absolute Gasteiger partial charge is 0.451 e. The van der Waals surface area contributed by atoms with E-state index in [1.54, 1.807) is 39.3 Å². The Kier molecular flexibility index (Phi) is 5.04. The molecule has 0 spiro atoms. The highest BCUT2D eigenvalue weighted by molar-refractivity contribution is 6.07. The molecule has 0 fully saturated rings. The van der Waals surface area contributed by atoms with E-state index < -0.39 is 0 Å². The zero-order chi connectivity index (χ0) is 18.7. The van der Waals surface area contributed by atoms with Crippen LogP contribution in [0.25, 0.3) is 11.0 Å². The first-order valence-electron chi connectivity index (χ1n) is 8.19. The topological polar surface area (TPSA) is 80.6 Å². The first kappa shape index (κ1) is 17.7. The van der Waals surface area contributed by atoms with Crippen LogP contribution in [0.15, 0.2) is 46.9 Å². The van der Waals surface area contributed by atoms with Crippen LogP contribution in [0.2, 0.25) is 0 Å². The fourth-order valence-electron chi connectivity index (χ4n) is 2.90. The fourth-order valence-corrected chi connectivity index (χ4v) is 2.90. The van der Waals surface area contributed by atoms with Crippen molar-refractivity contribution in [1.82, 2.24) is 5.32 Å². The van der Waals surface area contributed by atoms with E-state index >= 15 is 0 Å². The summed E-state index contributed by atoms with van der Waals surface area (Å²) < 4.78 is 11.0. The van der Waals surface area contributed by atoms with Crippen LogP contribution in [-0.4, -0.2) is 26.0 Å². The van der Waals surface area contributed by atoms with Gasteiger partial charge in [0.15, 0.2) is 5.76 Å². The third-order valence-corrected chi connectivity index (χ3v) is 4.25. The normalized spacial score (nSPS) is 10.7. The molecule has 1 heterocycles. The standard InChI is InChI=1S/C20H20N2O4/c1-12-13(19(23)21-2)8-6-9-16(12)22-20(24)18-15(11-25-3)14-7-4-5-10-17(14)26-18/h4-10H,11H2,1-3H3,(H,21,23)(H,22,24). The smallest absolute Gasteiger partial charge is 0.291 e. The van der Waals surface area contributed by atoms with Crippen LogP contribution >= 0.6 is 0 Å². The van der Waals surface area contributed by atoms with Gasteiger partial charge in [-0.2, -0.15) is 0 Å². The van der Waals surface area contributed by atoms with Crippen LogP contribution in [-0.2, 0) is 11.3 Å². The Morgan fingerprint density at radius 3 is 2.58 bits per heavy atom. The summed E-state index contributed by atoms with van der Waals surface area (Å²) >= 11 is 0. The van der Waals surface area contributed by atoms with Gasteiger partial charge in [-0.3, -0.25) is 9.59 Å². The van der Waals surface area contributed by atoms with Crippen LogP contribution in [0, 0.1) is 6.92 Å². The number of carbonyl (C=O) groups excluding carboxylic acids is 2. The number of anilines is 1. The molecule has 3 aromatic rings. The zero-order valence-corrected chi connectivity index (χ0v) is 14.9. The number of ether oxygens (including phenoxy) is 1. The molecule has 26 heavy (non-hydrogen) atoms. The molecule has 3 rings (SSSR count). The van der Waals surface area contributed by atoms with E-state index in [9.17, 15) is 9.59 Å². The molecule has 0 aliphatic rings. The maximum Gasteiger partial charge on any atom is 0.291 e. The molecule has 0 bridgehead atoms. The molecular formula is C20H20N2O4. The molecule has 2 aromatic carbocycles. The molecule has 0 atom stereocenters. The molecule has 0 radical (unpaired) electrons.